The molecular weight excluding hydrogens is 625 g/mol. The molecule has 0 aromatic heterocycles. The van der Waals surface area contributed by atoms with Crippen molar-refractivity contribution in [1.29, 1.82) is 0 Å². The highest BCUT2D eigenvalue weighted by Crippen LogP contribution is 2.34. The van der Waals surface area contributed by atoms with Gasteiger partial charge in [0.15, 0.2) is 11.6 Å². The van der Waals surface area contributed by atoms with E-state index in [2.05, 4.69) is 0 Å². The van der Waals surface area contributed by atoms with Crippen molar-refractivity contribution in [3.63, 3.8) is 0 Å². The molecule has 236 valence electrons. The van der Waals surface area contributed by atoms with E-state index in [1.807, 2.05) is 0 Å². The molecule has 6 nitrogen and oxygen atoms in total. The van der Waals surface area contributed by atoms with Gasteiger partial charge in [-0.25, -0.2) is 8.78 Å². The Morgan fingerprint density at radius 3 is 1.82 bits per heavy atom. The third kappa shape index (κ3) is 10.4. The van der Waals surface area contributed by atoms with E-state index in [-0.39, 0.29) is 49.2 Å². The van der Waals surface area contributed by atoms with Crippen LogP contribution in [0.5, 0.6) is 11.5 Å². The molecule has 1 atom stereocenters. The van der Waals surface area contributed by atoms with Crippen LogP contribution in [0.1, 0.15) is 57.5 Å². The molecule has 45 heavy (non-hydrogen) atoms. The molecule has 0 amide bonds. The summed E-state index contributed by atoms with van der Waals surface area (Å²) in [5, 5.41) is 0.909. The van der Waals surface area contributed by atoms with E-state index in [1.165, 1.54) is 55.6 Å². The topological polar surface area (TPSA) is 78.9 Å². The summed E-state index contributed by atoms with van der Waals surface area (Å²) in [6.45, 7) is 1.99. The van der Waals surface area contributed by atoms with Gasteiger partial charge in [-0.1, -0.05) is 23.2 Å². The first-order valence-corrected chi connectivity index (χ1v) is 14.7. The zero-order valence-electron chi connectivity index (χ0n) is 25.0. The lowest BCUT2D eigenvalue weighted by Gasteiger charge is -2.18. The van der Waals surface area contributed by atoms with Crippen LogP contribution in [0.15, 0.2) is 84.9 Å². The van der Waals surface area contributed by atoms with Gasteiger partial charge in [0.05, 0.1) is 20.8 Å². The van der Waals surface area contributed by atoms with E-state index in [4.69, 9.17) is 37.4 Å². The Labute approximate surface area is 270 Å². The monoisotopic (exact) mass is 656 g/mol. The van der Waals surface area contributed by atoms with E-state index in [0.29, 0.717) is 43.8 Å². The number of halogens is 4. The quantitative estimate of drug-likeness (QED) is 0.112. The fourth-order valence-corrected chi connectivity index (χ4v) is 4.81. The molecule has 0 radical (unpaired) electrons. The number of benzene rings is 4. The van der Waals surface area contributed by atoms with Crippen molar-refractivity contribution in [2.75, 3.05) is 20.8 Å². The minimum absolute atomic E-state index is 0.0684. The van der Waals surface area contributed by atoms with E-state index in [0.717, 1.165) is 0 Å². The van der Waals surface area contributed by atoms with Crippen LogP contribution < -0.4 is 9.47 Å². The minimum Gasteiger partial charge on any atom is -0.497 e. The first-order valence-electron chi connectivity index (χ1n) is 14.0. The van der Waals surface area contributed by atoms with Crippen LogP contribution in [-0.2, 0) is 16.0 Å². The fourth-order valence-electron chi connectivity index (χ4n) is 4.38. The Morgan fingerprint density at radius 1 is 0.733 bits per heavy atom. The van der Waals surface area contributed by atoms with Crippen LogP contribution >= 0.6 is 23.2 Å². The van der Waals surface area contributed by atoms with Crippen LogP contribution in [0.3, 0.4) is 0 Å². The molecule has 4 aromatic carbocycles. The zero-order valence-corrected chi connectivity index (χ0v) is 26.5. The second-order valence-electron chi connectivity index (χ2n) is 9.72. The first-order chi connectivity index (χ1) is 21.6. The molecule has 0 heterocycles. The number of Topliss-reactive ketones (excluding diaryl/α,β-unsaturated/α-hetero) is 2. The lowest BCUT2D eigenvalue weighted by molar-refractivity contribution is -0.143. The Bertz CT molecular complexity index is 1610. The van der Waals surface area contributed by atoms with Crippen LogP contribution in [0.2, 0.25) is 10.0 Å². The molecule has 0 N–H and O–H groups in total. The summed E-state index contributed by atoms with van der Waals surface area (Å²) in [6, 6.07) is 20.9. The van der Waals surface area contributed by atoms with Crippen molar-refractivity contribution in [2.24, 2.45) is 0 Å². The van der Waals surface area contributed by atoms with Crippen LogP contribution in [0, 0.1) is 11.6 Å². The predicted molar refractivity (Wildman–Crippen MR) is 170 cm³/mol. The van der Waals surface area contributed by atoms with Crippen LogP contribution in [-0.4, -0.2) is 38.4 Å². The van der Waals surface area contributed by atoms with Crippen LogP contribution in [0.4, 0.5) is 8.78 Å². The second-order valence-corrected chi connectivity index (χ2v) is 10.5. The molecule has 4 aromatic rings. The first kappa shape index (κ1) is 35.2. The highest BCUT2D eigenvalue weighted by atomic mass is 35.5. The maximum absolute atomic E-state index is 13.2. The summed E-state index contributed by atoms with van der Waals surface area (Å²) in [7, 11) is 3.07. The highest BCUT2D eigenvalue weighted by molar-refractivity contribution is 6.32. The Morgan fingerprint density at radius 2 is 1.27 bits per heavy atom. The van der Waals surface area contributed by atoms with Gasteiger partial charge in [-0.3, -0.25) is 14.4 Å². The highest BCUT2D eigenvalue weighted by Gasteiger charge is 2.26. The van der Waals surface area contributed by atoms with Crippen molar-refractivity contribution in [2.45, 2.75) is 32.1 Å². The van der Waals surface area contributed by atoms with Gasteiger partial charge in [0, 0.05) is 39.9 Å². The van der Waals surface area contributed by atoms with Crippen molar-refractivity contribution < 1.29 is 37.4 Å². The SMILES string of the molecule is CCOC(=O)CCC(C(=O)c1ccc(F)cc1)c1cc(OC)ccc1Cl.COc1ccc(Cl)c(CC(=O)c2ccc(F)cc2)c1. The largest absolute Gasteiger partial charge is 0.497 e. The van der Waals surface area contributed by atoms with Gasteiger partial charge in [0.2, 0.25) is 0 Å². The fraction of sp³-hybridized carbons (Fsp3) is 0.229. The average molecular weight is 658 g/mol. The van der Waals surface area contributed by atoms with Gasteiger partial charge in [-0.05, 0) is 109 Å². The van der Waals surface area contributed by atoms with Crippen molar-refractivity contribution in [3.05, 3.63) is 129 Å². The maximum atomic E-state index is 13.2. The van der Waals surface area contributed by atoms with Gasteiger partial charge in [0.25, 0.3) is 0 Å². The van der Waals surface area contributed by atoms with Gasteiger partial charge in [-0.2, -0.15) is 0 Å². The Balaban J connectivity index is 0.000000257. The average Bonchev–Trinajstić information content (AvgIpc) is 3.04. The zero-order chi connectivity index (χ0) is 32.9. The van der Waals surface area contributed by atoms with Gasteiger partial charge in [0.1, 0.15) is 23.1 Å². The maximum Gasteiger partial charge on any atom is 0.305 e. The number of ether oxygens (including phenoxy) is 3. The lowest BCUT2D eigenvalue weighted by Crippen LogP contribution is -2.16. The number of hydrogen-bond acceptors (Lipinski definition) is 6. The summed E-state index contributed by atoms with van der Waals surface area (Å²) < 4.78 is 41.2. The summed E-state index contributed by atoms with van der Waals surface area (Å²) >= 11 is 12.3. The molecule has 0 fully saturated rings. The molecule has 0 aliphatic heterocycles. The molecule has 0 spiro atoms. The molecule has 0 saturated heterocycles. The van der Waals surface area contributed by atoms with Gasteiger partial charge >= 0.3 is 5.97 Å². The molecule has 0 aliphatic rings. The van der Waals surface area contributed by atoms with E-state index >= 15 is 0 Å². The summed E-state index contributed by atoms with van der Waals surface area (Å²) in [4.78, 5) is 36.8. The van der Waals surface area contributed by atoms with Crippen LogP contribution in [0.25, 0.3) is 0 Å². The molecule has 0 bridgehead atoms. The Hall–Kier alpha value is -4.27. The minimum atomic E-state index is -0.674. The number of carbonyl (C=O) groups is 3. The summed E-state index contributed by atoms with van der Waals surface area (Å²) in [5.41, 5.74) is 2.06. The van der Waals surface area contributed by atoms with Gasteiger partial charge in [-0.15, -0.1) is 0 Å². The van der Waals surface area contributed by atoms with E-state index in [9.17, 15) is 23.2 Å². The molecule has 1 unspecified atom stereocenters. The van der Waals surface area contributed by atoms with E-state index < -0.39 is 11.7 Å². The number of carbonyl (C=O) groups excluding carboxylic acids is 3. The summed E-state index contributed by atoms with van der Waals surface area (Å²) in [6.07, 6.45) is 0.447. The molecule has 10 heteroatoms. The van der Waals surface area contributed by atoms with Crippen molar-refractivity contribution in [3.8, 4) is 11.5 Å². The number of ketones is 2. The smallest absolute Gasteiger partial charge is 0.305 e. The van der Waals surface area contributed by atoms with Crippen molar-refractivity contribution in [1.82, 2.24) is 0 Å². The number of methoxy groups -OCH3 is 2. The molecular formula is C35H32Cl2F2O6. The van der Waals surface area contributed by atoms with Crippen molar-refractivity contribution >= 4 is 40.7 Å². The number of hydrogen-bond donors (Lipinski definition) is 0. The standard InChI is InChI=1S/C20H20ClFO4.C15H12ClFO2/c1-3-26-19(23)11-9-16(17-12-15(25-2)8-10-18(17)21)20(24)13-4-6-14(22)7-5-13;1-19-13-6-7-14(16)11(8-13)9-15(18)10-2-4-12(17)5-3-10/h4-8,10,12,16H,3,9,11H2,1-2H3;2-8H,9H2,1H3. The number of esters is 1. The lowest BCUT2D eigenvalue weighted by atomic mass is 9.86. The summed E-state index contributed by atoms with van der Waals surface area (Å²) in [5.74, 6) is -1.01. The predicted octanol–water partition coefficient (Wildman–Crippen LogP) is 8.71. The Kier molecular flexibility index (Phi) is 13.5. The molecule has 0 aliphatic carbocycles. The molecule has 4 rings (SSSR count). The number of rotatable bonds is 12. The molecule has 0 saturated carbocycles. The van der Waals surface area contributed by atoms with E-state index in [1.54, 1.807) is 50.4 Å². The normalized spacial score (nSPS) is 11.1. The third-order valence-electron chi connectivity index (χ3n) is 6.74. The van der Waals surface area contributed by atoms with Gasteiger partial charge < -0.3 is 14.2 Å². The third-order valence-corrected chi connectivity index (χ3v) is 7.45. The second kappa shape index (κ2) is 17.3.